The number of nitrogens with two attached hydrogens (primary N) is 1. The summed E-state index contributed by atoms with van der Waals surface area (Å²) in [6.07, 6.45) is 0.642. The van der Waals surface area contributed by atoms with Crippen LogP contribution in [0.2, 0.25) is 0 Å². The van der Waals surface area contributed by atoms with Gasteiger partial charge in [0.05, 0.1) is 12.0 Å². The first-order valence-electron chi connectivity index (χ1n) is 6.65. The van der Waals surface area contributed by atoms with E-state index < -0.39 is 10.0 Å². The third kappa shape index (κ3) is 4.19. The van der Waals surface area contributed by atoms with E-state index in [1.54, 1.807) is 38.4 Å². The summed E-state index contributed by atoms with van der Waals surface area (Å²) in [4.78, 5) is 0.263. The molecule has 0 radical (unpaired) electrons. The number of methoxy groups -OCH3 is 1. The summed E-state index contributed by atoms with van der Waals surface area (Å²) in [5.74, 6) is 0.973. The zero-order valence-corrected chi connectivity index (χ0v) is 13.4. The van der Waals surface area contributed by atoms with Crippen molar-refractivity contribution in [3.05, 3.63) is 24.3 Å². The second kappa shape index (κ2) is 7.06. The predicted octanol–water partition coefficient (Wildman–Crippen LogP) is 1.69. The van der Waals surface area contributed by atoms with E-state index in [1.807, 2.05) is 13.8 Å². The van der Waals surface area contributed by atoms with E-state index in [0.717, 1.165) is 0 Å². The van der Waals surface area contributed by atoms with Crippen LogP contribution < -0.4 is 10.5 Å². The van der Waals surface area contributed by atoms with Gasteiger partial charge in [0.15, 0.2) is 0 Å². The van der Waals surface area contributed by atoms with Gasteiger partial charge in [-0.3, -0.25) is 0 Å². The van der Waals surface area contributed by atoms with Crippen molar-refractivity contribution in [1.82, 2.24) is 4.31 Å². The van der Waals surface area contributed by atoms with Crippen molar-refractivity contribution in [3.8, 4) is 5.75 Å². The van der Waals surface area contributed by atoms with Gasteiger partial charge in [0.2, 0.25) is 10.0 Å². The minimum atomic E-state index is -3.46. The van der Waals surface area contributed by atoms with Crippen molar-refractivity contribution in [2.45, 2.75) is 31.2 Å². The Hall–Kier alpha value is -1.11. The second-order valence-corrected chi connectivity index (χ2v) is 7.24. The first-order valence-corrected chi connectivity index (χ1v) is 8.09. The van der Waals surface area contributed by atoms with Crippen LogP contribution in [0.4, 0.5) is 0 Å². The number of ether oxygens (including phenoxy) is 1. The van der Waals surface area contributed by atoms with Gasteiger partial charge < -0.3 is 10.5 Å². The lowest BCUT2D eigenvalue weighted by molar-refractivity contribution is 0.397. The Labute approximate surface area is 121 Å². The highest BCUT2D eigenvalue weighted by Crippen LogP contribution is 2.19. The number of nitrogens with zero attached hydrogens (tertiary/aromatic N) is 1. The Morgan fingerprint density at radius 1 is 1.25 bits per heavy atom. The van der Waals surface area contributed by atoms with Gasteiger partial charge in [-0.15, -0.1) is 0 Å². The van der Waals surface area contributed by atoms with Crippen LogP contribution in [0.3, 0.4) is 0 Å². The number of hydrogen-bond acceptors (Lipinski definition) is 4. The van der Waals surface area contributed by atoms with E-state index in [-0.39, 0.29) is 10.9 Å². The maximum atomic E-state index is 12.4. The van der Waals surface area contributed by atoms with Crippen LogP contribution in [0.25, 0.3) is 0 Å². The third-order valence-electron chi connectivity index (χ3n) is 3.40. The van der Waals surface area contributed by atoms with Crippen molar-refractivity contribution in [1.29, 1.82) is 0 Å². The summed E-state index contributed by atoms with van der Waals surface area (Å²) in [6.45, 7) is 4.47. The SMILES string of the molecule is COc1ccc(S(=O)(=O)N(C)CCC(N)C(C)C)cc1. The molecule has 20 heavy (non-hydrogen) atoms. The first-order chi connectivity index (χ1) is 9.28. The van der Waals surface area contributed by atoms with E-state index in [2.05, 4.69) is 0 Å². The van der Waals surface area contributed by atoms with Gasteiger partial charge >= 0.3 is 0 Å². The maximum absolute atomic E-state index is 12.4. The summed E-state index contributed by atoms with van der Waals surface area (Å²) >= 11 is 0. The highest BCUT2D eigenvalue weighted by Gasteiger charge is 2.21. The van der Waals surface area contributed by atoms with E-state index >= 15 is 0 Å². The molecule has 5 nitrogen and oxygen atoms in total. The molecule has 1 aromatic carbocycles. The maximum Gasteiger partial charge on any atom is 0.242 e. The van der Waals surface area contributed by atoms with Crippen LogP contribution in [0.1, 0.15) is 20.3 Å². The Kier molecular flexibility index (Phi) is 5.98. The van der Waals surface area contributed by atoms with Crippen LogP contribution >= 0.6 is 0 Å². The highest BCUT2D eigenvalue weighted by atomic mass is 32.2. The lowest BCUT2D eigenvalue weighted by atomic mass is 10.0. The van der Waals surface area contributed by atoms with Gasteiger partial charge in [-0.1, -0.05) is 13.8 Å². The summed E-state index contributed by atoms with van der Waals surface area (Å²) in [5.41, 5.74) is 5.95. The smallest absolute Gasteiger partial charge is 0.242 e. The third-order valence-corrected chi connectivity index (χ3v) is 5.27. The Morgan fingerprint density at radius 3 is 2.25 bits per heavy atom. The van der Waals surface area contributed by atoms with Gasteiger partial charge in [0.1, 0.15) is 5.75 Å². The van der Waals surface area contributed by atoms with Crippen LogP contribution in [0, 0.1) is 5.92 Å². The number of hydrogen-bond donors (Lipinski definition) is 1. The molecule has 0 fully saturated rings. The zero-order chi connectivity index (χ0) is 15.3. The molecule has 2 N–H and O–H groups in total. The molecule has 0 saturated carbocycles. The Bertz CT molecular complexity index is 512. The van der Waals surface area contributed by atoms with Gasteiger partial charge in [-0.25, -0.2) is 12.7 Å². The number of rotatable bonds is 7. The fourth-order valence-corrected chi connectivity index (χ4v) is 2.90. The van der Waals surface area contributed by atoms with Crippen molar-refractivity contribution >= 4 is 10.0 Å². The molecule has 1 atom stereocenters. The van der Waals surface area contributed by atoms with Crippen molar-refractivity contribution in [2.75, 3.05) is 20.7 Å². The first kappa shape index (κ1) is 16.9. The molecule has 0 aromatic heterocycles. The summed E-state index contributed by atoms with van der Waals surface area (Å²) < 4.78 is 31.1. The van der Waals surface area contributed by atoms with Crippen LogP contribution in [-0.4, -0.2) is 39.5 Å². The highest BCUT2D eigenvalue weighted by molar-refractivity contribution is 7.89. The van der Waals surface area contributed by atoms with E-state index in [9.17, 15) is 8.42 Å². The minimum absolute atomic E-state index is 0.00326. The van der Waals surface area contributed by atoms with Crippen molar-refractivity contribution in [2.24, 2.45) is 11.7 Å². The molecule has 6 heteroatoms. The fourth-order valence-electron chi connectivity index (χ4n) is 1.71. The number of benzene rings is 1. The monoisotopic (exact) mass is 300 g/mol. The predicted molar refractivity (Wildman–Crippen MR) is 80.2 cm³/mol. The molecular weight excluding hydrogens is 276 g/mol. The fraction of sp³-hybridized carbons (Fsp3) is 0.571. The largest absolute Gasteiger partial charge is 0.497 e. The zero-order valence-electron chi connectivity index (χ0n) is 12.5. The van der Waals surface area contributed by atoms with Crippen molar-refractivity contribution < 1.29 is 13.2 Å². The standard InChI is InChI=1S/C14H24N2O3S/c1-11(2)14(15)9-10-16(3)20(17,18)13-7-5-12(19-4)6-8-13/h5-8,11,14H,9-10,15H2,1-4H3. The average Bonchev–Trinajstić information content (AvgIpc) is 2.44. The van der Waals surface area contributed by atoms with E-state index in [0.29, 0.717) is 24.6 Å². The molecule has 1 rings (SSSR count). The second-order valence-electron chi connectivity index (χ2n) is 5.20. The van der Waals surface area contributed by atoms with Gasteiger partial charge in [0, 0.05) is 19.6 Å². The number of sulfonamides is 1. The molecule has 0 amide bonds. The summed E-state index contributed by atoms with van der Waals surface area (Å²) in [5, 5.41) is 0. The molecule has 1 unspecified atom stereocenters. The normalized spacial score (nSPS) is 13.8. The van der Waals surface area contributed by atoms with Crippen LogP contribution in [-0.2, 0) is 10.0 Å². The van der Waals surface area contributed by atoms with Gasteiger partial charge in [0.25, 0.3) is 0 Å². The molecule has 114 valence electrons. The van der Waals surface area contributed by atoms with Crippen LogP contribution in [0.15, 0.2) is 29.2 Å². The molecule has 0 aliphatic carbocycles. The molecule has 0 heterocycles. The minimum Gasteiger partial charge on any atom is -0.497 e. The molecule has 0 aliphatic rings. The van der Waals surface area contributed by atoms with Crippen LogP contribution in [0.5, 0.6) is 5.75 Å². The summed E-state index contributed by atoms with van der Waals surface area (Å²) in [7, 11) is -0.343. The van der Waals surface area contributed by atoms with E-state index in [4.69, 9.17) is 10.5 Å². The molecule has 0 aliphatic heterocycles. The van der Waals surface area contributed by atoms with Crippen molar-refractivity contribution in [3.63, 3.8) is 0 Å². The molecule has 0 spiro atoms. The molecule has 1 aromatic rings. The average molecular weight is 300 g/mol. The Morgan fingerprint density at radius 2 is 1.80 bits per heavy atom. The lowest BCUT2D eigenvalue weighted by Gasteiger charge is -2.21. The molecule has 0 bridgehead atoms. The van der Waals surface area contributed by atoms with Gasteiger partial charge in [-0.2, -0.15) is 0 Å². The molecular formula is C14H24N2O3S. The lowest BCUT2D eigenvalue weighted by Crippen LogP contribution is -2.34. The Balaban J connectivity index is 2.76. The van der Waals surface area contributed by atoms with Gasteiger partial charge in [-0.05, 0) is 36.6 Å². The van der Waals surface area contributed by atoms with E-state index in [1.165, 1.54) is 4.31 Å². The molecule has 0 saturated heterocycles. The topological polar surface area (TPSA) is 72.6 Å². The quantitative estimate of drug-likeness (QED) is 0.831. The summed E-state index contributed by atoms with van der Waals surface area (Å²) in [6, 6.07) is 6.38.